The van der Waals surface area contributed by atoms with Gasteiger partial charge in [-0.15, -0.1) is 24.0 Å². The molecule has 3 heterocycles. The van der Waals surface area contributed by atoms with Crippen LogP contribution in [0.1, 0.15) is 29.6 Å². The van der Waals surface area contributed by atoms with Crippen LogP contribution < -0.4 is 10.6 Å². The summed E-state index contributed by atoms with van der Waals surface area (Å²) in [6, 6.07) is 3.72. The van der Waals surface area contributed by atoms with E-state index < -0.39 is 0 Å². The molecule has 0 saturated carbocycles. The van der Waals surface area contributed by atoms with E-state index in [1.54, 1.807) is 0 Å². The highest BCUT2D eigenvalue weighted by molar-refractivity contribution is 14.0. The number of hydrogen-bond donors (Lipinski definition) is 2. The van der Waals surface area contributed by atoms with Gasteiger partial charge in [-0.25, -0.2) is 9.98 Å². The second-order valence-electron chi connectivity index (χ2n) is 5.70. The molecule has 9 heteroatoms. The van der Waals surface area contributed by atoms with Crippen molar-refractivity contribution >= 4 is 47.2 Å². The van der Waals surface area contributed by atoms with E-state index in [0.29, 0.717) is 18.1 Å². The van der Waals surface area contributed by atoms with E-state index in [4.69, 9.17) is 16.1 Å². The van der Waals surface area contributed by atoms with E-state index in [9.17, 15) is 0 Å². The summed E-state index contributed by atoms with van der Waals surface area (Å²) in [5, 5.41) is 11.2. The van der Waals surface area contributed by atoms with Gasteiger partial charge < -0.3 is 19.6 Å². The number of hydrogen-bond acceptors (Lipinski definition) is 4. The average Bonchev–Trinajstić information content (AvgIpc) is 3.13. The minimum Gasteiger partial charge on any atom is -0.361 e. The summed E-state index contributed by atoms with van der Waals surface area (Å²) in [5.41, 5.74) is 3.65. The first-order chi connectivity index (χ1) is 12.1. The minimum absolute atomic E-state index is 0. The molecule has 0 bridgehead atoms. The zero-order chi connectivity index (χ0) is 17.8. The smallest absolute Gasteiger partial charge is 0.191 e. The van der Waals surface area contributed by atoms with Crippen LogP contribution in [0.5, 0.6) is 0 Å². The van der Waals surface area contributed by atoms with Crippen molar-refractivity contribution in [3.05, 3.63) is 52.3 Å². The number of aromatic nitrogens is 3. The van der Waals surface area contributed by atoms with Crippen molar-refractivity contribution in [2.24, 2.45) is 4.99 Å². The van der Waals surface area contributed by atoms with Gasteiger partial charge in [-0.2, -0.15) is 0 Å². The SMILES string of the molecule is CCNC(=NCc1c(C)noc1C)NCc1cn2cc(Cl)ccc2n1.I. The van der Waals surface area contributed by atoms with Crippen molar-refractivity contribution in [3.8, 4) is 0 Å². The van der Waals surface area contributed by atoms with Gasteiger partial charge in [-0.05, 0) is 32.9 Å². The number of imidazole rings is 1. The Morgan fingerprint density at radius 1 is 1.27 bits per heavy atom. The molecule has 0 aliphatic carbocycles. The van der Waals surface area contributed by atoms with E-state index in [1.165, 1.54) is 0 Å². The Bertz CT molecular complexity index is 884. The second-order valence-corrected chi connectivity index (χ2v) is 6.13. The van der Waals surface area contributed by atoms with E-state index in [0.717, 1.165) is 40.9 Å². The van der Waals surface area contributed by atoms with E-state index in [1.807, 2.05) is 49.7 Å². The largest absolute Gasteiger partial charge is 0.361 e. The molecule has 0 unspecified atom stereocenters. The van der Waals surface area contributed by atoms with Crippen molar-refractivity contribution in [3.63, 3.8) is 0 Å². The summed E-state index contributed by atoms with van der Waals surface area (Å²) in [5.74, 6) is 1.52. The van der Waals surface area contributed by atoms with Crippen LogP contribution >= 0.6 is 35.6 Å². The van der Waals surface area contributed by atoms with Crippen LogP contribution in [-0.2, 0) is 13.1 Å². The molecule has 3 rings (SSSR count). The lowest BCUT2D eigenvalue weighted by molar-refractivity contribution is 0.392. The fourth-order valence-corrected chi connectivity index (χ4v) is 2.67. The molecule has 0 radical (unpaired) electrons. The number of pyridine rings is 1. The zero-order valence-corrected chi connectivity index (χ0v) is 18.0. The predicted octanol–water partition coefficient (Wildman–Crippen LogP) is 3.47. The normalized spacial score (nSPS) is 11.5. The number of guanidine groups is 1. The quantitative estimate of drug-likeness (QED) is 0.327. The molecule has 3 aromatic heterocycles. The maximum Gasteiger partial charge on any atom is 0.191 e. The van der Waals surface area contributed by atoms with Crippen molar-refractivity contribution in [2.45, 2.75) is 33.9 Å². The fraction of sp³-hybridized carbons (Fsp3) is 0.353. The van der Waals surface area contributed by atoms with Crippen LogP contribution in [0.25, 0.3) is 5.65 Å². The van der Waals surface area contributed by atoms with Crippen LogP contribution in [0.2, 0.25) is 5.02 Å². The Kier molecular flexibility index (Phi) is 7.27. The van der Waals surface area contributed by atoms with Gasteiger partial charge in [0, 0.05) is 24.5 Å². The molecule has 140 valence electrons. The molecule has 3 aromatic rings. The standard InChI is InChI=1S/C17H21ClN6O.HI/c1-4-19-17(21-8-15-11(2)23-25-12(15)3)20-7-14-10-24-9-13(18)5-6-16(24)22-14;/h5-6,9-10H,4,7-8H2,1-3H3,(H2,19,20,21);1H. The highest BCUT2D eigenvalue weighted by Gasteiger charge is 2.09. The third kappa shape index (κ3) is 4.88. The van der Waals surface area contributed by atoms with Gasteiger partial charge in [0.25, 0.3) is 0 Å². The molecule has 0 amide bonds. The number of rotatable bonds is 5. The summed E-state index contributed by atoms with van der Waals surface area (Å²) >= 11 is 6.01. The van der Waals surface area contributed by atoms with Crippen LogP contribution in [0.4, 0.5) is 0 Å². The highest BCUT2D eigenvalue weighted by atomic mass is 127. The van der Waals surface area contributed by atoms with Gasteiger partial charge >= 0.3 is 0 Å². The molecule has 0 atom stereocenters. The lowest BCUT2D eigenvalue weighted by Gasteiger charge is -2.10. The van der Waals surface area contributed by atoms with E-state index >= 15 is 0 Å². The van der Waals surface area contributed by atoms with E-state index in [-0.39, 0.29) is 24.0 Å². The van der Waals surface area contributed by atoms with Crippen LogP contribution in [0, 0.1) is 13.8 Å². The van der Waals surface area contributed by atoms with Crippen molar-refractivity contribution in [1.82, 2.24) is 25.2 Å². The first-order valence-corrected chi connectivity index (χ1v) is 8.51. The number of fused-ring (bicyclic) bond motifs is 1. The Labute approximate surface area is 174 Å². The van der Waals surface area contributed by atoms with Gasteiger partial charge in [0.1, 0.15) is 11.4 Å². The Hall–Kier alpha value is -1.81. The highest BCUT2D eigenvalue weighted by Crippen LogP contribution is 2.13. The molecule has 7 nitrogen and oxygen atoms in total. The summed E-state index contributed by atoms with van der Waals surface area (Å²) < 4.78 is 7.09. The van der Waals surface area contributed by atoms with Crippen LogP contribution in [-0.4, -0.2) is 27.0 Å². The van der Waals surface area contributed by atoms with Gasteiger partial charge in [-0.1, -0.05) is 16.8 Å². The second kappa shape index (κ2) is 9.22. The Morgan fingerprint density at radius 3 is 2.77 bits per heavy atom. The molecule has 2 N–H and O–H groups in total. The maximum atomic E-state index is 6.01. The van der Waals surface area contributed by atoms with E-state index in [2.05, 4.69) is 25.8 Å². The van der Waals surface area contributed by atoms with Crippen LogP contribution in [0.15, 0.2) is 34.0 Å². The molecule has 0 spiro atoms. The summed E-state index contributed by atoms with van der Waals surface area (Å²) in [4.78, 5) is 9.16. The lowest BCUT2D eigenvalue weighted by atomic mass is 10.2. The molecule has 0 aliphatic rings. The number of nitrogens with one attached hydrogen (secondary N) is 2. The van der Waals surface area contributed by atoms with Gasteiger partial charge in [-0.3, -0.25) is 0 Å². The Balaban J connectivity index is 0.00000243. The third-order valence-electron chi connectivity index (χ3n) is 3.82. The van der Waals surface area contributed by atoms with Gasteiger partial charge in [0.15, 0.2) is 5.96 Å². The van der Waals surface area contributed by atoms with Crippen molar-refractivity contribution in [1.29, 1.82) is 0 Å². The van der Waals surface area contributed by atoms with Crippen molar-refractivity contribution < 1.29 is 4.52 Å². The molecular weight excluding hydrogens is 467 g/mol. The Morgan fingerprint density at radius 2 is 2.08 bits per heavy atom. The first kappa shape index (κ1) is 20.5. The number of aryl methyl sites for hydroxylation is 2. The fourth-order valence-electron chi connectivity index (χ4n) is 2.50. The lowest BCUT2D eigenvalue weighted by Crippen LogP contribution is -2.36. The first-order valence-electron chi connectivity index (χ1n) is 8.14. The molecule has 0 fully saturated rings. The predicted molar refractivity (Wildman–Crippen MR) is 113 cm³/mol. The molecule has 0 aromatic carbocycles. The molecular formula is C17H22ClIN6O. The van der Waals surface area contributed by atoms with Crippen molar-refractivity contribution in [2.75, 3.05) is 6.54 Å². The summed E-state index contributed by atoms with van der Waals surface area (Å²) in [6.07, 6.45) is 3.79. The third-order valence-corrected chi connectivity index (χ3v) is 4.05. The monoisotopic (exact) mass is 488 g/mol. The topological polar surface area (TPSA) is 79.8 Å². The molecule has 0 aliphatic heterocycles. The number of nitrogens with zero attached hydrogens (tertiary/aromatic N) is 4. The summed E-state index contributed by atoms with van der Waals surface area (Å²) in [7, 11) is 0. The minimum atomic E-state index is 0. The van der Waals surface area contributed by atoms with Gasteiger partial charge in [0.05, 0.1) is 29.5 Å². The molecule has 26 heavy (non-hydrogen) atoms. The average molecular weight is 489 g/mol. The zero-order valence-electron chi connectivity index (χ0n) is 14.9. The number of halogens is 2. The summed E-state index contributed by atoms with van der Waals surface area (Å²) in [6.45, 7) is 7.69. The molecule has 0 saturated heterocycles. The van der Waals surface area contributed by atoms with Crippen LogP contribution in [0.3, 0.4) is 0 Å². The maximum absolute atomic E-state index is 6.01. The number of aliphatic imine (C=N–C) groups is 1. The van der Waals surface area contributed by atoms with Gasteiger partial charge in [0.2, 0.25) is 0 Å².